The number of nitrogens with zero attached hydrogens (tertiary/aromatic N) is 3. The predicted molar refractivity (Wildman–Crippen MR) is 91.0 cm³/mol. The summed E-state index contributed by atoms with van der Waals surface area (Å²) in [7, 11) is 3.66. The van der Waals surface area contributed by atoms with E-state index in [-0.39, 0.29) is 0 Å². The van der Waals surface area contributed by atoms with E-state index in [1.54, 1.807) is 13.2 Å². The minimum atomic E-state index is 0.558. The average Bonchev–Trinajstić information content (AvgIpc) is 2.92. The Hall–Kier alpha value is -2.02. The molecule has 118 valence electrons. The van der Waals surface area contributed by atoms with Gasteiger partial charge in [0.1, 0.15) is 12.4 Å². The molecule has 2 N–H and O–H groups in total. The molecule has 0 fully saturated rings. The Balaban J connectivity index is 1.69. The first-order chi connectivity index (χ1) is 10.7. The minimum absolute atomic E-state index is 0.558. The van der Waals surface area contributed by atoms with Crippen molar-refractivity contribution in [3.8, 4) is 5.75 Å². The van der Waals surface area contributed by atoms with E-state index >= 15 is 0 Å². The summed E-state index contributed by atoms with van der Waals surface area (Å²) >= 11 is 3.42. The van der Waals surface area contributed by atoms with E-state index in [1.807, 2.05) is 42.1 Å². The normalized spacial score (nSPS) is 11.3. The maximum absolute atomic E-state index is 5.66. The van der Waals surface area contributed by atoms with Crippen molar-refractivity contribution in [3.63, 3.8) is 0 Å². The Bertz CT molecular complexity index is 626. The van der Waals surface area contributed by atoms with E-state index in [2.05, 4.69) is 36.7 Å². The van der Waals surface area contributed by atoms with Crippen molar-refractivity contribution < 1.29 is 4.74 Å². The van der Waals surface area contributed by atoms with E-state index in [4.69, 9.17) is 4.74 Å². The Labute approximate surface area is 138 Å². The number of hydrogen-bond acceptors (Lipinski definition) is 3. The van der Waals surface area contributed by atoms with E-state index in [9.17, 15) is 0 Å². The molecule has 22 heavy (non-hydrogen) atoms. The highest BCUT2D eigenvalue weighted by Crippen LogP contribution is 2.17. The molecular weight excluding hydrogens is 346 g/mol. The van der Waals surface area contributed by atoms with Crippen LogP contribution in [0.1, 0.15) is 5.69 Å². The lowest BCUT2D eigenvalue weighted by molar-refractivity contribution is 0.321. The molecule has 0 amide bonds. The molecule has 6 nitrogen and oxygen atoms in total. The molecule has 0 saturated heterocycles. The zero-order valence-corrected chi connectivity index (χ0v) is 14.3. The van der Waals surface area contributed by atoms with Gasteiger partial charge >= 0.3 is 0 Å². The first kappa shape index (κ1) is 16.4. The maximum Gasteiger partial charge on any atom is 0.191 e. The van der Waals surface area contributed by atoms with Gasteiger partial charge in [0.25, 0.3) is 0 Å². The Kier molecular flexibility index (Phi) is 6.27. The number of ether oxygens (including phenoxy) is 1. The molecule has 0 atom stereocenters. The Morgan fingerprint density at radius 2 is 2.23 bits per heavy atom. The van der Waals surface area contributed by atoms with Crippen molar-refractivity contribution in [2.75, 3.05) is 20.2 Å². The third-order valence-corrected chi connectivity index (χ3v) is 3.54. The van der Waals surface area contributed by atoms with Crippen molar-refractivity contribution >= 4 is 21.9 Å². The van der Waals surface area contributed by atoms with E-state index in [0.29, 0.717) is 19.7 Å². The molecule has 2 rings (SSSR count). The number of nitrogens with one attached hydrogen (secondary N) is 2. The summed E-state index contributed by atoms with van der Waals surface area (Å²) in [5, 5.41) is 10.6. The first-order valence-electron chi connectivity index (χ1n) is 6.99. The van der Waals surface area contributed by atoms with Crippen LogP contribution in [0, 0.1) is 0 Å². The molecule has 0 aliphatic carbocycles. The second-order valence-electron chi connectivity index (χ2n) is 4.60. The van der Waals surface area contributed by atoms with Crippen LogP contribution in [0.25, 0.3) is 0 Å². The number of benzene rings is 1. The molecule has 1 aromatic heterocycles. The fourth-order valence-corrected chi connectivity index (χ4v) is 2.24. The average molecular weight is 366 g/mol. The molecule has 0 aliphatic heterocycles. The van der Waals surface area contributed by atoms with E-state index in [1.165, 1.54) is 0 Å². The second kappa shape index (κ2) is 8.43. The summed E-state index contributed by atoms with van der Waals surface area (Å²) in [6, 6.07) is 9.75. The van der Waals surface area contributed by atoms with Crippen LogP contribution in [0.3, 0.4) is 0 Å². The largest absolute Gasteiger partial charge is 0.492 e. The summed E-state index contributed by atoms with van der Waals surface area (Å²) in [5.41, 5.74) is 1.09. The molecule has 1 heterocycles. The zero-order valence-electron chi connectivity index (χ0n) is 12.7. The number of aliphatic imine (C=N–C) groups is 1. The van der Waals surface area contributed by atoms with Crippen LogP contribution in [-0.4, -0.2) is 35.9 Å². The maximum atomic E-state index is 5.66. The van der Waals surface area contributed by atoms with Gasteiger partial charge in [-0.1, -0.05) is 22.0 Å². The summed E-state index contributed by atoms with van der Waals surface area (Å²) in [4.78, 5) is 4.18. The summed E-state index contributed by atoms with van der Waals surface area (Å²) in [6.07, 6.45) is 1.78. The summed E-state index contributed by atoms with van der Waals surface area (Å²) in [6.45, 7) is 1.89. The smallest absolute Gasteiger partial charge is 0.191 e. The van der Waals surface area contributed by atoms with Crippen molar-refractivity contribution in [1.82, 2.24) is 20.4 Å². The van der Waals surface area contributed by atoms with Crippen LogP contribution in [-0.2, 0) is 13.6 Å². The highest BCUT2D eigenvalue weighted by Gasteiger charge is 2.01. The van der Waals surface area contributed by atoms with Crippen LogP contribution < -0.4 is 15.4 Å². The third-order valence-electron chi connectivity index (χ3n) is 3.04. The summed E-state index contributed by atoms with van der Waals surface area (Å²) in [5.74, 6) is 1.58. The number of aryl methyl sites for hydroxylation is 1. The van der Waals surface area contributed by atoms with Crippen LogP contribution in [0.2, 0.25) is 0 Å². The van der Waals surface area contributed by atoms with Crippen molar-refractivity contribution in [3.05, 3.63) is 46.7 Å². The van der Waals surface area contributed by atoms with E-state index < -0.39 is 0 Å². The fourth-order valence-electron chi connectivity index (χ4n) is 1.86. The van der Waals surface area contributed by atoms with Gasteiger partial charge in [-0.3, -0.25) is 9.67 Å². The second-order valence-corrected chi connectivity index (χ2v) is 5.52. The minimum Gasteiger partial charge on any atom is -0.492 e. The fraction of sp³-hybridized carbons (Fsp3) is 0.333. The van der Waals surface area contributed by atoms with Gasteiger partial charge in [-0.25, -0.2) is 0 Å². The SMILES string of the molecule is CN=C(NCCOc1cccc(Br)c1)NCc1ccnn1C. The zero-order chi connectivity index (χ0) is 15.8. The van der Waals surface area contributed by atoms with E-state index in [0.717, 1.165) is 21.9 Å². The number of halogens is 1. The lowest BCUT2D eigenvalue weighted by Gasteiger charge is -2.12. The predicted octanol–water partition coefficient (Wildman–Crippen LogP) is 1.93. The van der Waals surface area contributed by atoms with Gasteiger partial charge < -0.3 is 15.4 Å². The first-order valence-corrected chi connectivity index (χ1v) is 7.78. The van der Waals surface area contributed by atoms with Gasteiger partial charge in [0.2, 0.25) is 0 Å². The van der Waals surface area contributed by atoms with Crippen molar-refractivity contribution in [2.45, 2.75) is 6.54 Å². The standard InChI is InChI=1S/C15H20BrN5O/c1-17-15(19-11-13-6-7-20-21(13)2)18-8-9-22-14-5-3-4-12(16)10-14/h3-7,10H,8-9,11H2,1-2H3,(H2,17,18,19). The van der Waals surface area contributed by atoms with Crippen molar-refractivity contribution in [1.29, 1.82) is 0 Å². The third kappa shape index (κ3) is 5.07. The lowest BCUT2D eigenvalue weighted by Crippen LogP contribution is -2.39. The number of rotatable bonds is 6. The van der Waals surface area contributed by atoms with Crippen LogP contribution in [0.4, 0.5) is 0 Å². The van der Waals surface area contributed by atoms with Gasteiger partial charge in [-0.15, -0.1) is 0 Å². The molecular formula is C15H20BrN5O. The van der Waals surface area contributed by atoms with Crippen LogP contribution in [0.15, 0.2) is 46.0 Å². The molecule has 7 heteroatoms. The number of guanidine groups is 1. The van der Waals surface area contributed by atoms with Gasteiger partial charge in [-0.05, 0) is 24.3 Å². The highest BCUT2D eigenvalue weighted by atomic mass is 79.9. The molecule has 1 aromatic carbocycles. The number of aromatic nitrogens is 2. The summed E-state index contributed by atoms with van der Waals surface area (Å²) < 4.78 is 8.50. The van der Waals surface area contributed by atoms with Gasteiger partial charge in [0.05, 0.1) is 18.8 Å². The molecule has 0 aliphatic rings. The molecule has 0 unspecified atom stereocenters. The van der Waals surface area contributed by atoms with Crippen molar-refractivity contribution in [2.24, 2.45) is 12.0 Å². The van der Waals surface area contributed by atoms with Gasteiger partial charge in [0, 0.05) is 24.8 Å². The molecule has 2 aromatic rings. The van der Waals surface area contributed by atoms with Crippen LogP contribution in [0.5, 0.6) is 5.75 Å². The Morgan fingerprint density at radius 1 is 1.36 bits per heavy atom. The highest BCUT2D eigenvalue weighted by molar-refractivity contribution is 9.10. The van der Waals surface area contributed by atoms with Gasteiger partial charge in [-0.2, -0.15) is 5.10 Å². The molecule has 0 saturated carbocycles. The molecule has 0 spiro atoms. The van der Waals surface area contributed by atoms with Gasteiger partial charge in [0.15, 0.2) is 5.96 Å². The Morgan fingerprint density at radius 3 is 2.91 bits per heavy atom. The quantitative estimate of drug-likeness (QED) is 0.466. The lowest BCUT2D eigenvalue weighted by atomic mass is 10.3. The topological polar surface area (TPSA) is 63.5 Å². The molecule has 0 radical (unpaired) electrons. The van der Waals surface area contributed by atoms with Crippen LogP contribution >= 0.6 is 15.9 Å². The molecule has 0 bridgehead atoms. The monoisotopic (exact) mass is 365 g/mol. The number of hydrogen-bond donors (Lipinski definition) is 2.